The van der Waals surface area contributed by atoms with Crippen LogP contribution < -0.4 is 33.1 Å². The largest absolute Gasteiger partial charge is 1.00 e. The number of carbonyl (C=O) groups is 1. The van der Waals surface area contributed by atoms with Crippen molar-refractivity contribution < 1.29 is 37.9 Å². The first-order valence-electron chi connectivity index (χ1n) is 5.91. The van der Waals surface area contributed by atoms with Crippen molar-refractivity contribution in [3.8, 4) is 17.2 Å². The van der Waals surface area contributed by atoms with Gasteiger partial charge in [-0.15, -0.1) is 0 Å². The molecular weight excluding hydrogens is 350 g/mol. The van der Waals surface area contributed by atoms with Gasteiger partial charge in [0.15, 0.2) is 17.0 Å². The molecule has 0 amide bonds. The number of methoxy groups -OCH3 is 3. The van der Waals surface area contributed by atoms with Gasteiger partial charge in [-0.25, -0.2) is 0 Å². The summed E-state index contributed by atoms with van der Waals surface area (Å²) in [6.45, 7) is 7.75. The molecule has 0 radical (unpaired) electrons. The van der Waals surface area contributed by atoms with Crippen molar-refractivity contribution >= 4 is 30.7 Å². The molecule has 0 saturated heterocycles. The molecular formula is C14H21BrLiO4P. The first kappa shape index (κ1) is 23.1. The van der Waals surface area contributed by atoms with Crippen molar-refractivity contribution in [3.05, 3.63) is 23.0 Å². The quantitative estimate of drug-likeness (QED) is 0.450. The van der Waals surface area contributed by atoms with E-state index in [1.807, 2.05) is 0 Å². The van der Waals surface area contributed by atoms with Gasteiger partial charge in [0, 0.05) is 6.07 Å². The van der Waals surface area contributed by atoms with Crippen LogP contribution in [0.1, 0.15) is 24.2 Å². The number of hydrogen-bond acceptors (Lipinski definition) is 4. The van der Waals surface area contributed by atoms with Gasteiger partial charge in [0.05, 0.1) is 25.8 Å². The van der Waals surface area contributed by atoms with Crippen molar-refractivity contribution in [2.24, 2.45) is 5.92 Å². The van der Waals surface area contributed by atoms with E-state index >= 15 is 0 Å². The van der Waals surface area contributed by atoms with Crippen LogP contribution in [-0.2, 0) is 0 Å². The summed E-state index contributed by atoms with van der Waals surface area (Å²) in [5.41, 5.74) is 0.106. The summed E-state index contributed by atoms with van der Waals surface area (Å²) in [6, 6.07) is 1.69. The van der Waals surface area contributed by atoms with Crippen LogP contribution in [0.15, 0.2) is 10.5 Å². The summed E-state index contributed by atoms with van der Waals surface area (Å²) in [5, 5.41) is 0. The molecule has 0 saturated carbocycles. The third-order valence-electron chi connectivity index (χ3n) is 2.03. The standard InChI is InChI=1S/C10H12BrO4P.C4H9.Li/c1-13-6-4-5(11)8(14-2)7(10(12)16)9(6)15-3;1-4(2)3;/h4H,16H2,1-3H3;4H,1H2,2-3H3;/q;-1;+1. The molecule has 1 unspecified atom stereocenters. The van der Waals surface area contributed by atoms with Gasteiger partial charge >= 0.3 is 18.9 Å². The van der Waals surface area contributed by atoms with Crippen molar-refractivity contribution in [3.63, 3.8) is 0 Å². The average molecular weight is 371 g/mol. The second-order valence-corrected chi connectivity index (χ2v) is 5.64. The minimum absolute atomic E-state index is 0. The van der Waals surface area contributed by atoms with Crippen LogP contribution in [0.4, 0.5) is 0 Å². The van der Waals surface area contributed by atoms with E-state index in [9.17, 15) is 4.79 Å². The number of hydrogen-bond donors (Lipinski definition) is 0. The molecule has 0 spiro atoms. The Hall–Kier alpha value is -0.203. The second-order valence-electron chi connectivity index (χ2n) is 4.26. The van der Waals surface area contributed by atoms with Crippen LogP contribution in [-0.4, -0.2) is 26.9 Å². The molecule has 4 nitrogen and oxygen atoms in total. The van der Waals surface area contributed by atoms with Gasteiger partial charge in [-0.1, -0.05) is 23.1 Å². The molecule has 0 heterocycles. The van der Waals surface area contributed by atoms with Crippen LogP contribution in [0, 0.1) is 12.8 Å². The third kappa shape index (κ3) is 7.06. The van der Waals surface area contributed by atoms with Crippen molar-refractivity contribution in [1.29, 1.82) is 0 Å². The van der Waals surface area contributed by atoms with Crippen molar-refractivity contribution in [2.45, 2.75) is 13.8 Å². The Kier molecular flexibility index (Phi) is 12.5. The zero-order valence-electron chi connectivity index (χ0n) is 13.5. The molecule has 21 heavy (non-hydrogen) atoms. The summed E-state index contributed by atoms with van der Waals surface area (Å²) in [7, 11) is 6.56. The predicted molar refractivity (Wildman–Crippen MR) is 88.0 cm³/mol. The molecule has 0 bridgehead atoms. The van der Waals surface area contributed by atoms with Crippen LogP contribution in [0.2, 0.25) is 0 Å². The van der Waals surface area contributed by atoms with Crippen LogP contribution in [0.3, 0.4) is 0 Å². The number of rotatable bonds is 4. The average Bonchev–Trinajstić information content (AvgIpc) is 2.36. The van der Waals surface area contributed by atoms with Crippen LogP contribution in [0.5, 0.6) is 17.2 Å². The van der Waals surface area contributed by atoms with E-state index < -0.39 is 0 Å². The molecule has 1 aromatic rings. The van der Waals surface area contributed by atoms with E-state index in [1.54, 1.807) is 6.07 Å². The van der Waals surface area contributed by atoms with E-state index in [4.69, 9.17) is 14.2 Å². The molecule has 0 aliphatic carbocycles. The fraction of sp³-hybridized carbons (Fsp3) is 0.429. The second kappa shape index (κ2) is 11.4. The number of halogens is 1. The van der Waals surface area contributed by atoms with Gasteiger partial charge in [0.1, 0.15) is 11.3 Å². The molecule has 0 aromatic heterocycles. The molecule has 1 rings (SSSR count). The summed E-state index contributed by atoms with van der Waals surface area (Å²) < 4.78 is 16.1. The first-order chi connectivity index (χ1) is 9.29. The van der Waals surface area contributed by atoms with Gasteiger partial charge < -0.3 is 21.1 Å². The van der Waals surface area contributed by atoms with Crippen molar-refractivity contribution in [1.82, 2.24) is 0 Å². The van der Waals surface area contributed by atoms with E-state index in [2.05, 4.69) is 45.9 Å². The van der Waals surface area contributed by atoms with E-state index in [0.717, 1.165) is 0 Å². The molecule has 7 heteroatoms. The topological polar surface area (TPSA) is 44.8 Å². The molecule has 0 N–H and O–H groups in total. The molecule has 0 aliphatic heterocycles. The zero-order chi connectivity index (χ0) is 15.9. The van der Waals surface area contributed by atoms with E-state index in [1.165, 1.54) is 21.3 Å². The third-order valence-corrected chi connectivity index (χ3v) is 2.90. The normalized spacial score (nSPS) is 9.19. The smallest absolute Gasteiger partial charge is 0.495 e. The number of ether oxygens (including phenoxy) is 3. The zero-order valence-corrected chi connectivity index (χ0v) is 16.2. The first-order valence-corrected chi connectivity index (χ1v) is 7.28. The maximum atomic E-state index is 11.6. The van der Waals surface area contributed by atoms with Crippen LogP contribution in [0.25, 0.3) is 0 Å². The molecule has 0 fully saturated rings. The molecule has 1 aromatic carbocycles. The van der Waals surface area contributed by atoms with Gasteiger partial charge in [-0.2, -0.15) is 5.92 Å². The Morgan fingerprint density at radius 3 is 1.90 bits per heavy atom. The van der Waals surface area contributed by atoms with Crippen LogP contribution >= 0.6 is 25.2 Å². The fourth-order valence-electron chi connectivity index (χ4n) is 1.37. The summed E-state index contributed by atoms with van der Waals surface area (Å²) in [6.07, 6.45) is 0. The fourth-order valence-corrected chi connectivity index (χ4v) is 2.20. The van der Waals surface area contributed by atoms with Gasteiger partial charge in [0.2, 0.25) is 0 Å². The molecule has 114 valence electrons. The van der Waals surface area contributed by atoms with E-state index in [-0.39, 0.29) is 24.4 Å². The van der Waals surface area contributed by atoms with E-state index in [0.29, 0.717) is 33.2 Å². The Balaban J connectivity index is 0. The van der Waals surface area contributed by atoms with Gasteiger partial charge in [-0.3, -0.25) is 4.79 Å². The summed E-state index contributed by atoms with van der Waals surface area (Å²) in [5.74, 6) is 1.85. The Morgan fingerprint density at radius 1 is 1.19 bits per heavy atom. The van der Waals surface area contributed by atoms with Gasteiger partial charge in [0.25, 0.3) is 0 Å². The minimum atomic E-state index is -0.228. The minimum Gasteiger partial charge on any atom is -0.495 e. The maximum Gasteiger partial charge on any atom is 1.00 e. The summed E-state index contributed by atoms with van der Waals surface area (Å²) in [4.78, 5) is 11.6. The summed E-state index contributed by atoms with van der Waals surface area (Å²) >= 11 is 3.31. The number of benzene rings is 1. The predicted octanol–water partition coefficient (Wildman–Crippen LogP) is 0.971. The Bertz CT molecular complexity index is 464. The van der Waals surface area contributed by atoms with Gasteiger partial charge in [-0.05, 0) is 15.9 Å². The Morgan fingerprint density at radius 2 is 1.62 bits per heavy atom. The monoisotopic (exact) mass is 370 g/mol. The maximum absolute atomic E-state index is 11.6. The molecule has 1 atom stereocenters. The molecule has 0 aliphatic rings. The Labute approximate surface area is 149 Å². The SMILES string of the molecule is COc1cc(Br)c(OC)c(C(=O)P)c1OC.[CH2-]C(C)C.[Li+]. The number of carbonyl (C=O) groups excluding carboxylic acids is 1. The van der Waals surface area contributed by atoms with Crippen molar-refractivity contribution in [2.75, 3.05) is 21.3 Å².